The molecule has 11 heavy (non-hydrogen) atoms. The summed E-state index contributed by atoms with van der Waals surface area (Å²) >= 11 is 2.62. The fourth-order valence-electron chi connectivity index (χ4n) is 1.51. The highest BCUT2D eigenvalue weighted by Crippen LogP contribution is 2.37. The van der Waals surface area contributed by atoms with Gasteiger partial charge in [0.15, 0.2) is 0 Å². The van der Waals surface area contributed by atoms with Crippen molar-refractivity contribution in [1.82, 2.24) is 5.32 Å². The molecule has 0 amide bonds. The number of alkyl halides is 1. The van der Waals surface area contributed by atoms with Crippen LogP contribution in [-0.4, -0.2) is 16.0 Å². The third-order valence-corrected chi connectivity index (χ3v) is 4.90. The van der Waals surface area contributed by atoms with Crippen molar-refractivity contribution in [2.24, 2.45) is 5.92 Å². The molecule has 0 radical (unpaired) electrons. The number of hydrogen-bond acceptors (Lipinski definition) is 1. The SMILES string of the molecule is CCC(C)C(C)(I)C1CCN1. The first kappa shape index (κ1) is 9.78. The molecule has 0 spiro atoms. The third kappa shape index (κ3) is 1.89. The summed E-state index contributed by atoms with van der Waals surface area (Å²) in [6.07, 6.45) is 2.65. The molecule has 1 aliphatic rings. The van der Waals surface area contributed by atoms with E-state index in [1.54, 1.807) is 0 Å². The molecule has 0 aromatic carbocycles. The van der Waals surface area contributed by atoms with E-state index in [0.29, 0.717) is 3.42 Å². The van der Waals surface area contributed by atoms with Crippen LogP contribution in [0.2, 0.25) is 0 Å². The van der Waals surface area contributed by atoms with E-state index >= 15 is 0 Å². The van der Waals surface area contributed by atoms with Gasteiger partial charge in [0.2, 0.25) is 0 Å². The van der Waals surface area contributed by atoms with Crippen LogP contribution in [0, 0.1) is 5.92 Å². The van der Waals surface area contributed by atoms with Crippen LogP contribution in [0.1, 0.15) is 33.6 Å². The fourth-order valence-corrected chi connectivity index (χ4v) is 2.49. The molecule has 2 heteroatoms. The number of halogens is 1. The second-order valence-corrected chi connectivity index (χ2v) is 6.08. The molecule has 3 atom stereocenters. The molecule has 0 aromatic heterocycles. The molecule has 1 rings (SSSR count). The van der Waals surface area contributed by atoms with Gasteiger partial charge in [0, 0.05) is 9.46 Å². The zero-order valence-corrected chi connectivity index (χ0v) is 9.81. The fraction of sp³-hybridized carbons (Fsp3) is 1.00. The molecule has 66 valence electrons. The first-order valence-electron chi connectivity index (χ1n) is 4.51. The van der Waals surface area contributed by atoms with Crippen molar-refractivity contribution in [2.45, 2.75) is 43.1 Å². The van der Waals surface area contributed by atoms with Crippen LogP contribution in [0.4, 0.5) is 0 Å². The van der Waals surface area contributed by atoms with Crippen LogP contribution in [0.25, 0.3) is 0 Å². The van der Waals surface area contributed by atoms with Crippen molar-refractivity contribution >= 4 is 22.6 Å². The normalized spacial score (nSPS) is 32.2. The summed E-state index contributed by atoms with van der Waals surface area (Å²) < 4.78 is 0.463. The van der Waals surface area contributed by atoms with Crippen LogP contribution in [0.3, 0.4) is 0 Å². The van der Waals surface area contributed by atoms with Crippen molar-refractivity contribution in [2.75, 3.05) is 6.54 Å². The van der Waals surface area contributed by atoms with Gasteiger partial charge in [-0.1, -0.05) is 42.9 Å². The van der Waals surface area contributed by atoms with Crippen molar-refractivity contribution in [3.05, 3.63) is 0 Å². The smallest absolute Gasteiger partial charge is 0.0372 e. The Bertz CT molecular complexity index is 123. The summed E-state index contributed by atoms with van der Waals surface area (Å²) in [5.74, 6) is 0.820. The van der Waals surface area contributed by atoms with Gasteiger partial charge in [0.05, 0.1) is 0 Å². The van der Waals surface area contributed by atoms with E-state index in [1.165, 1.54) is 19.4 Å². The van der Waals surface area contributed by atoms with E-state index in [4.69, 9.17) is 0 Å². The van der Waals surface area contributed by atoms with Gasteiger partial charge in [-0.15, -0.1) is 0 Å². The Kier molecular flexibility index (Phi) is 3.20. The molecular formula is C9H18IN. The second-order valence-electron chi connectivity index (χ2n) is 3.76. The van der Waals surface area contributed by atoms with E-state index < -0.39 is 0 Å². The first-order chi connectivity index (χ1) is 5.09. The van der Waals surface area contributed by atoms with Crippen LogP contribution >= 0.6 is 22.6 Å². The van der Waals surface area contributed by atoms with Gasteiger partial charge in [-0.2, -0.15) is 0 Å². The molecule has 0 bridgehead atoms. The summed E-state index contributed by atoms with van der Waals surface area (Å²) in [5, 5.41) is 3.49. The predicted octanol–water partition coefficient (Wildman–Crippen LogP) is 2.59. The Morgan fingerprint density at radius 2 is 2.27 bits per heavy atom. The molecule has 1 nitrogen and oxygen atoms in total. The zero-order chi connectivity index (χ0) is 8.48. The zero-order valence-electron chi connectivity index (χ0n) is 7.65. The minimum atomic E-state index is 0.463. The number of hydrogen-bond donors (Lipinski definition) is 1. The van der Waals surface area contributed by atoms with Gasteiger partial charge in [0.25, 0.3) is 0 Å². The molecule has 3 unspecified atom stereocenters. The Morgan fingerprint density at radius 3 is 2.55 bits per heavy atom. The molecule has 1 N–H and O–H groups in total. The predicted molar refractivity (Wildman–Crippen MR) is 58.3 cm³/mol. The molecule has 1 heterocycles. The summed E-state index contributed by atoms with van der Waals surface area (Å²) in [7, 11) is 0. The maximum atomic E-state index is 3.49. The van der Waals surface area contributed by atoms with Crippen molar-refractivity contribution in [3.8, 4) is 0 Å². The Hall–Kier alpha value is 0.690. The number of rotatable bonds is 3. The van der Waals surface area contributed by atoms with Gasteiger partial charge < -0.3 is 5.32 Å². The minimum absolute atomic E-state index is 0.463. The van der Waals surface area contributed by atoms with Gasteiger partial charge in [-0.3, -0.25) is 0 Å². The molecule has 0 aliphatic carbocycles. The average Bonchev–Trinajstić information content (AvgIpc) is 1.81. The molecule has 0 aromatic rings. The minimum Gasteiger partial charge on any atom is -0.313 e. The molecule has 1 saturated heterocycles. The van der Waals surface area contributed by atoms with E-state index in [2.05, 4.69) is 48.7 Å². The lowest BCUT2D eigenvalue weighted by molar-refractivity contribution is 0.256. The summed E-state index contributed by atoms with van der Waals surface area (Å²) in [5.41, 5.74) is 0. The Morgan fingerprint density at radius 1 is 1.73 bits per heavy atom. The summed E-state index contributed by atoms with van der Waals surface area (Å²) in [4.78, 5) is 0. The summed E-state index contributed by atoms with van der Waals surface area (Å²) in [6, 6.07) is 0.762. The highest BCUT2D eigenvalue weighted by molar-refractivity contribution is 14.1. The van der Waals surface area contributed by atoms with Crippen LogP contribution in [0.5, 0.6) is 0 Å². The van der Waals surface area contributed by atoms with Crippen molar-refractivity contribution in [1.29, 1.82) is 0 Å². The van der Waals surface area contributed by atoms with Crippen molar-refractivity contribution in [3.63, 3.8) is 0 Å². The monoisotopic (exact) mass is 267 g/mol. The first-order valence-corrected chi connectivity index (χ1v) is 5.59. The number of nitrogens with one attached hydrogen (secondary N) is 1. The lowest BCUT2D eigenvalue weighted by Crippen LogP contribution is -2.56. The molecule has 1 aliphatic heterocycles. The van der Waals surface area contributed by atoms with E-state index in [1.807, 2.05) is 0 Å². The maximum Gasteiger partial charge on any atom is 0.0372 e. The maximum absolute atomic E-state index is 3.49. The van der Waals surface area contributed by atoms with Gasteiger partial charge >= 0.3 is 0 Å². The molecular weight excluding hydrogens is 249 g/mol. The topological polar surface area (TPSA) is 12.0 Å². The van der Waals surface area contributed by atoms with E-state index in [9.17, 15) is 0 Å². The van der Waals surface area contributed by atoms with Crippen molar-refractivity contribution < 1.29 is 0 Å². The molecule has 1 fully saturated rings. The Balaban J connectivity index is 2.49. The highest BCUT2D eigenvalue weighted by Gasteiger charge is 2.38. The second kappa shape index (κ2) is 3.60. The Labute approximate surface area is 83.5 Å². The average molecular weight is 267 g/mol. The van der Waals surface area contributed by atoms with Gasteiger partial charge in [-0.05, 0) is 25.8 Å². The van der Waals surface area contributed by atoms with Gasteiger partial charge in [0.1, 0.15) is 0 Å². The van der Waals surface area contributed by atoms with Crippen LogP contribution in [-0.2, 0) is 0 Å². The quantitative estimate of drug-likeness (QED) is 0.612. The van der Waals surface area contributed by atoms with E-state index in [0.717, 1.165) is 12.0 Å². The third-order valence-electron chi connectivity index (χ3n) is 3.08. The van der Waals surface area contributed by atoms with Gasteiger partial charge in [-0.25, -0.2) is 0 Å². The van der Waals surface area contributed by atoms with E-state index in [-0.39, 0.29) is 0 Å². The lowest BCUT2D eigenvalue weighted by atomic mass is 9.82. The van der Waals surface area contributed by atoms with Crippen LogP contribution < -0.4 is 5.32 Å². The summed E-state index contributed by atoms with van der Waals surface area (Å²) in [6.45, 7) is 8.23. The highest BCUT2D eigenvalue weighted by atomic mass is 127. The van der Waals surface area contributed by atoms with Crippen LogP contribution in [0.15, 0.2) is 0 Å². The lowest BCUT2D eigenvalue weighted by Gasteiger charge is -2.43. The largest absolute Gasteiger partial charge is 0.313 e. The standard InChI is InChI=1S/C9H18IN/c1-4-7(2)9(3,10)8-5-6-11-8/h7-8,11H,4-6H2,1-3H3. The molecule has 0 saturated carbocycles.